The molecular formula is C15H16ClN7O. The van der Waals surface area contributed by atoms with E-state index in [1.165, 1.54) is 6.20 Å². The van der Waals surface area contributed by atoms with Crippen LogP contribution in [0.2, 0.25) is 5.02 Å². The number of nitrogens with zero attached hydrogens (tertiary/aromatic N) is 5. The van der Waals surface area contributed by atoms with Crippen LogP contribution in [0.3, 0.4) is 0 Å². The Hall–Kier alpha value is -2.71. The highest BCUT2D eigenvalue weighted by atomic mass is 35.5. The van der Waals surface area contributed by atoms with E-state index in [0.29, 0.717) is 29.9 Å². The number of halogens is 1. The summed E-state index contributed by atoms with van der Waals surface area (Å²) in [4.78, 5) is 12.7. The SMILES string of the molecule is OCCn1cc(Nc2ncc(Cl)c(NCc3ccccn3)n2)cn1. The molecule has 3 aromatic rings. The van der Waals surface area contributed by atoms with Crippen LogP contribution >= 0.6 is 11.6 Å². The number of pyridine rings is 1. The van der Waals surface area contributed by atoms with Crippen molar-refractivity contribution in [3.8, 4) is 0 Å². The van der Waals surface area contributed by atoms with E-state index in [4.69, 9.17) is 16.7 Å². The Morgan fingerprint density at radius 2 is 2.12 bits per heavy atom. The largest absolute Gasteiger partial charge is 0.394 e. The maximum Gasteiger partial charge on any atom is 0.229 e. The molecule has 24 heavy (non-hydrogen) atoms. The molecule has 8 nitrogen and oxygen atoms in total. The van der Waals surface area contributed by atoms with Gasteiger partial charge in [0.05, 0.1) is 43.5 Å². The summed E-state index contributed by atoms with van der Waals surface area (Å²) in [5.74, 6) is 0.911. The second-order valence-corrected chi connectivity index (χ2v) is 5.31. The fraction of sp³-hybridized carbons (Fsp3) is 0.200. The van der Waals surface area contributed by atoms with Crippen molar-refractivity contribution in [2.24, 2.45) is 0 Å². The number of aliphatic hydroxyl groups excluding tert-OH is 1. The number of hydrogen-bond acceptors (Lipinski definition) is 7. The van der Waals surface area contributed by atoms with E-state index in [2.05, 4.69) is 30.7 Å². The van der Waals surface area contributed by atoms with Crippen LogP contribution < -0.4 is 10.6 Å². The molecule has 0 radical (unpaired) electrons. The van der Waals surface area contributed by atoms with Gasteiger partial charge < -0.3 is 15.7 Å². The molecule has 3 N–H and O–H groups in total. The molecule has 0 bridgehead atoms. The Morgan fingerprint density at radius 3 is 2.92 bits per heavy atom. The summed E-state index contributed by atoms with van der Waals surface area (Å²) in [6.07, 6.45) is 6.65. The number of hydrogen-bond donors (Lipinski definition) is 3. The lowest BCUT2D eigenvalue weighted by atomic mass is 10.3. The zero-order valence-corrected chi connectivity index (χ0v) is 13.5. The van der Waals surface area contributed by atoms with E-state index in [1.54, 1.807) is 23.3 Å². The average Bonchev–Trinajstić information content (AvgIpc) is 3.04. The second kappa shape index (κ2) is 7.71. The van der Waals surface area contributed by atoms with Gasteiger partial charge in [-0.25, -0.2) is 4.98 Å². The van der Waals surface area contributed by atoms with Gasteiger partial charge in [0.15, 0.2) is 5.82 Å². The molecule has 0 saturated heterocycles. The van der Waals surface area contributed by atoms with E-state index in [9.17, 15) is 0 Å². The van der Waals surface area contributed by atoms with Gasteiger partial charge in [0.1, 0.15) is 5.02 Å². The third-order valence-corrected chi connectivity index (χ3v) is 3.40. The zero-order chi connectivity index (χ0) is 16.8. The van der Waals surface area contributed by atoms with Gasteiger partial charge in [-0.3, -0.25) is 9.67 Å². The first-order chi connectivity index (χ1) is 11.7. The maximum atomic E-state index is 8.90. The molecule has 0 atom stereocenters. The van der Waals surface area contributed by atoms with Crippen LogP contribution in [0.4, 0.5) is 17.5 Å². The highest BCUT2D eigenvalue weighted by Gasteiger charge is 2.07. The highest BCUT2D eigenvalue weighted by Crippen LogP contribution is 2.21. The molecular weight excluding hydrogens is 330 g/mol. The third-order valence-electron chi connectivity index (χ3n) is 3.13. The van der Waals surface area contributed by atoms with Crippen molar-refractivity contribution >= 4 is 29.1 Å². The molecule has 3 aromatic heterocycles. The third kappa shape index (κ3) is 4.18. The molecule has 3 rings (SSSR count). The van der Waals surface area contributed by atoms with E-state index >= 15 is 0 Å². The molecule has 0 aliphatic carbocycles. The van der Waals surface area contributed by atoms with Gasteiger partial charge in [-0.1, -0.05) is 17.7 Å². The molecule has 3 heterocycles. The first kappa shape index (κ1) is 16.2. The predicted octanol–water partition coefficient (Wildman–Crippen LogP) is 2.07. The summed E-state index contributed by atoms with van der Waals surface area (Å²) in [5.41, 5.74) is 1.61. The lowest BCUT2D eigenvalue weighted by Crippen LogP contribution is -2.06. The van der Waals surface area contributed by atoms with Crippen LogP contribution in [0.15, 0.2) is 43.0 Å². The monoisotopic (exact) mass is 345 g/mol. The Labute approximate surface area is 143 Å². The summed E-state index contributed by atoms with van der Waals surface area (Å²) in [6.45, 7) is 0.964. The van der Waals surface area contributed by atoms with Crippen LogP contribution in [-0.4, -0.2) is 36.4 Å². The zero-order valence-electron chi connectivity index (χ0n) is 12.7. The standard InChI is InChI=1S/C15H16ClN7O/c16-13-9-19-15(21-12-8-20-23(10-12)5-6-24)22-14(13)18-7-11-3-1-2-4-17-11/h1-4,8-10,24H,5-7H2,(H2,18,19,21,22). The first-order valence-electron chi connectivity index (χ1n) is 7.31. The Morgan fingerprint density at radius 1 is 1.21 bits per heavy atom. The van der Waals surface area contributed by atoms with Gasteiger partial charge in [-0.2, -0.15) is 10.1 Å². The van der Waals surface area contributed by atoms with Gasteiger partial charge in [0.25, 0.3) is 0 Å². The van der Waals surface area contributed by atoms with E-state index in [0.717, 1.165) is 11.4 Å². The smallest absolute Gasteiger partial charge is 0.229 e. The summed E-state index contributed by atoms with van der Waals surface area (Å²) in [6, 6.07) is 5.69. The maximum absolute atomic E-state index is 8.90. The van der Waals surface area contributed by atoms with Crippen molar-refractivity contribution in [2.75, 3.05) is 17.2 Å². The van der Waals surface area contributed by atoms with Crippen LogP contribution in [-0.2, 0) is 13.1 Å². The predicted molar refractivity (Wildman–Crippen MR) is 91.2 cm³/mol. The van der Waals surface area contributed by atoms with Crippen LogP contribution in [0, 0.1) is 0 Å². The van der Waals surface area contributed by atoms with Crippen molar-refractivity contribution < 1.29 is 5.11 Å². The van der Waals surface area contributed by atoms with Crippen LogP contribution in [0.25, 0.3) is 0 Å². The topological polar surface area (TPSA) is 101 Å². The van der Waals surface area contributed by atoms with Gasteiger partial charge >= 0.3 is 0 Å². The number of rotatable bonds is 7. The number of anilines is 3. The Bertz CT molecular complexity index is 794. The summed E-state index contributed by atoms with van der Waals surface area (Å²) in [5, 5.41) is 19.6. The molecule has 0 fully saturated rings. The fourth-order valence-electron chi connectivity index (χ4n) is 2.01. The Balaban J connectivity index is 1.68. The highest BCUT2D eigenvalue weighted by molar-refractivity contribution is 6.32. The summed E-state index contributed by atoms with van der Waals surface area (Å²) in [7, 11) is 0. The number of aliphatic hydroxyl groups is 1. The van der Waals surface area contributed by atoms with Crippen LogP contribution in [0.5, 0.6) is 0 Å². The van der Waals surface area contributed by atoms with Crippen molar-refractivity contribution in [1.82, 2.24) is 24.7 Å². The molecule has 0 spiro atoms. The van der Waals surface area contributed by atoms with E-state index < -0.39 is 0 Å². The van der Waals surface area contributed by atoms with E-state index in [1.807, 2.05) is 18.2 Å². The van der Waals surface area contributed by atoms with Crippen molar-refractivity contribution in [3.63, 3.8) is 0 Å². The van der Waals surface area contributed by atoms with Crippen LogP contribution in [0.1, 0.15) is 5.69 Å². The van der Waals surface area contributed by atoms with Gasteiger partial charge in [-0.15, -0.1) is 0 Å². The van der Waals surface area contributed by atoms with Gasteiger partial charge in [-0.05, 0) is 12.1 Å². The minimum Gasteiger partial charge on any atom is -0.394 e. The molecule has 0 aromatic carbocycles. The Kier molecular flexibility index (Phi) is 5.19. The number of aromatic nitrogens is 5. The minimum atomic E-state index is 0.0279. The molecule has 0 amide bonds. The first-order valence-corrected chi connectivity index (χ1v) is 7.69. The lowest BCUT2D eigenvalue weighted by molar-refractivity contribution is 0.269. The molecule has 0 aliphatic heterocycles. The molecule has 9 heteroatoms. The molecule has 0 saturated carbocycles. The summed E-state index contributed by atoms with van der Waals surface area (Å²) >= 11 is 6.13. The van der Waals surface area contributed by atoms with Gasteiger partial charge in [0, 0.05) is 12.4 Å². The van der Waals surface area contributed by atoms with Crippen molar-refractivity contribution in [3.05, 3.63) is 53.7 Å². The molecule has 0 aliphatic rings. The van der Waals surface area contributed by atoms with Crippen molar-refractivity contribution in [1.29, 1.82) is 0 Å². The average molecular weight is 346 g/mol. The summed E-state index contributed by atoms with van der Waals surface area (Å²) < 4.78 is 1.62. The fourth-order valence-corrected chi connectivity index (χ4v) is 2.17. The van der Waals surface area contributed by atoms with Crippen molar-refractivity contribution in [2.45, 2.75) is 13.1 Å². The number of nitrogens with one attached hydrogen (secondary N) is 2. The lowest BCUT2D eigenvalue weighted by Gasteiger charge is -2.09. The van der Waals surface area contributed by atoms with Gasteiger partial charge in [0.2, 0.25) is 5.95 Å². The normalized spacial score (nSPS) is 10.6. The minimum absolute atomic E-state index is 0.0279. The quantitative estimate of drug-likeness (QED) is 0.602. The molecule has 124 valence electrons. The van der Waals surface area contributed by atoms with E-state index in [-0.39, 0.29) is 6.61 Å². The molecule has 0 unspecified atom stereocenters. The second-order valence-electron chi connectivity index (χ2n) is 4.91.